The predicted octanol–water partition coefficient (Wildman–Crippen LogP) is 2.65. The van der Waals surface area contributed by atoms with Crippen molar-refractivity contribution >= 4 is 11.6 Å². The molecule has 0 amide bonds. The molecule has 0 bridgehead atoms. The summed E-state index contributed by atoms with van der Waals surface area (Å²) in [5, 5.41) is 9.57. The molecule has 1 unspecified atom stereocenters. The van der Waals surface area contributed by atoms with E-state index in [2.05, 4.69) is 11.3 Å². The second-order valence-electron chi connectivity index (χ2n) is 2.44. The van der Waals surface area contributed by atoms with Crippen molar-refractivity contribution in [2.24, 2.45) is 0 Å². The maximum absolute atomic E-state index is 12.0. The zero-order valence-corrected chi connectivity index (χ0v) is 7.65. The lowest BCUT2D eigenvalue weighted by Gasteiger charge is -2.13. The zero-order chi connectivity index (χ0) is 9.40. The fourth-order valence-corrected chi connectivity index (χ4v) is 0.701. The van der Waals surface area contributed by atoms with E-state index in [-0.39, 0.29) is 11.6 Å². The Morgan fingerprint density at radius 1 is 1.67 bits per heavy atom. The van der Waals surface area contributed by atoms with Crippen LogP contribution in [0.15, 0.2) is 11.6 Å². The highest BCUT2D eigenvalue weighted by Gasteiger charge is 2.09. The molecule has 0 saturated carbocycles. The monoisotopic (exact) mass is 195 g/mol. The van der Waals surface area contributed by atoms with Crippen molar-refractivity contribution in [3.05, 3.63) is 11.6 Å². The Balaban J connectivity index is 0.000000217. The highest BCUT2D eigenvalue weighted by atomic mass is 35.5. The van der Waals surface area contributed by atoms with Gasteiger partial charge in [-0.2, -0.15) is 0 Å². The van der Waals surface area contributed by atoms with Crippen LogP contribution in [-0.2, 0) is 9.84 Å². The molecule has 1 aliphatic heterocycles. The van der Waals surface area contributed by atoms with Crippen LogP contribution in [0.3, 0.4) is 0 Å². The van der Waals surface area contributed by atoms with Gasteiger partial charge in [-0.15, -0.1) is 0 Å². The molecule has 0 spiro atoms. The molecule has 0 aromatic carbocycles. The molecular formula is C8H13ClFO2. The Labute approximate surface area is 77.0 Å². The van der Waals surface area contributed by atoms with Crippen molar-refractivity contribution in [3.8, 4) is 0 Å². The first kappa shape index (κ1) is 11.9. The molecule has 4 heteroatoms. The van der Waals surface area contributed by atoms with Crippen LogP contribution in [0.25, 0.3) is 0 Å². The van der Waals surface area contributed by atoms with E-state index >= 15 is 0 Å². The van der Waals surface area contributed by atoms with Gasteiger partial charge in [0.1, 0.15) is 6.61 Å². The fraction of sp³-hybridized carbons (Fsp3) is 0.750. The van der Waals surface area contributed by atoms with Gasteiger partial charge in [0, 0.05) is 11.5 Å². The number of rotatable bonds is 1. The average Bonchev–Trinajstić information content (AvgIpc) is 2.07. The summed E-state index contributed by atoms with van der Waals surface area (Å²) in [5.41, 5.74) is 0. The molecular weight excluding hydrogens is 183 g/mol. The molecule has 0 aromatic heterocycles. The van der Waals surface area contributed by atoms with E-state index in [0.717, 1.165) is 12.8 Å². The lowest BCUT2D eigenvalue weighted by molar-refractivity contribution is -0.0677. The molecule has 1 radical (unpaired) electrons. The summed E-state index contributed by atoms with van der Waals surface area (Å²) < 4.78 is 16.6. The zero-order valence-electron chi connectivity index (χ0n) is 6.89. The van der Waals surface area contributed by atoms with Gasteiger partial charge in [-0.1, -0.05) is 18.2 Å². The molecule has 1 heterocycles. The first-order chi connectivity index (χ1) is 5.66. The van der Waals surface area contributed by atoms with Gasteiger partial charge >= 0.3 is 0 Å². The summed E-state index contributed by atoms with van der Waals surface area (Å²) in [6, 6.07) is 0. The Morgan fingerprint density at radius 2 is 2.25 bits per heavy atom. The van der Waals surface area contributed by atoms with Crippen molar-refractivity contribution in [1.82, 2.24) is 0 Å². The fourth-order valence-electron chi connectivity index (χ4n) is 0.701. The maximum atomic E-state index is 12.0. The standard InChI is InChI=1S/C5H9FO.C3H4ClO/c6-5-3-1-2-4-7-5;1-3(4)2-5/h5H,1-4H2;1-2H2. The van der Waals surface area contributed by atoms with E-state index in [4.69, 9.17) is 11.6 Å². The quantitative estimate of drug-likeness (QED) is 0.633. The van der Waals surface area contributed by atoms with Crippen molar-refractivity contribution < 1.29 is 14.2 Å². The van der Waals surface area contributed by atoms with Crippen LogP contribution in [-0.4, -0.2) is 19.6 Å². The Hall–Kier alpha value is -0.120. The van der Waals surface area contributed by atoms with Crippen LogP contribution in [0, 0.1) is 0 Å². The van der Waals surface area contributed by atoms with Crippen LogP contribution in [0.1, 0.15) is 19.3 Å². The topological polar surface area (TPSA) is 29.1 Å². The third-order valence-electron chi connectivity index (χ3n) is 1.28. The molecule has 0 aliphatic carbocycles. The maximum Gasteiger partial charge on any atom is 0.198 e. The van der Waals surface area contributed by atoms with Gasteiger partial charge in [0.05, 0.1) is 6.61 Å². The number of halogens is 2. The van der Waals surface area contributed by atoms with E-state index in [1.165, 1.54) is 0 Å². The summed E-state index contributed by atoms with van der Waals surface area (Å²) in [5.74, 6) is 0. The van der Waals surface area contributed by atoms with E-state index in [0.29, 0.717) is 13.0 Å². The van der Waals surface area contributed by atoms with Crippen LogP contribution in [0.5, 0.6) is 0 Å². The van der Waals surface area contributed by atoms with E-state index in [1.807, 2.05) is 0 Å². The first-order valence-corrected chi connectivity index (χ1v) is 4.21. The molecule has 0 aromatic rings. The third-order valence-corrected chi connectivity index (χ3v) is 1.39. The SMILES string of the molecule is C=C(Cl)C[O].FC1CCCCO1. The van der Waals surface area contributed by atoms with Gasteiger partial charge < -0.3 is 4.74 Å². The van der Waals surface area contributed by atoms with Crippen molar-refractivity contribution in [1.29, 1.82) is 0 Å². The number of hydrogen-bond donors (Lipinski definition) is 0. The summed E-state index contributed by atoms with van der Waals surface area (Å²) >= 11 is 4.96. The Kier molecular flexibility index (Phi) is 7.45. The minimum Gasteiger partial charge on any atom is -0.348 e. The van der Waals surface area contributed by atoms with Crippen LogP contribution < -0.4 is 0 Å². The van der Waals surface area contributed by atoms with Gasteiger partial charge in [0.25, 0.3) is 0 Å². The smallest absolute Gasteiger partial charge is 0.198 e. The lowest BCUT2D eigenvalue weighted by Crippen LogP contribution is -2.12. The Bertz CT molecular complexity index is 124. The van der Waals surface area contributed by atoms with Gasteiger partial charge in [0.15, 0.2) is 6.36 Å². The van der Waals surface area contributed by atoms with E-state index < -0.39 is 6.36 Å². The van der Waals surface area contributed by atoms with Crippen LogP contribution >= 0.6 is 11.6 Å². The minimum atomic E-state index is -0.964. The third kappa shape index (κ3) is 7.98. The summed E-state index contributed by atoms with van der Waals surface area (Å²) in [7, 11) is 0. The van der Waals surface area contributed by atoms with Crippen LogP contribution in [0.4, 0.5) is 4.39 Å². The molecule has 1 saturated heterocycles. The molecule has 12 heavy (non-hydrogen) atoms. The molecule has 71 valence electrons. The van der Waals surface area contributed by atoms with Crippen molar-refractivity contribution in [2.45, 2.75) is 25.6 Å². The second kappa shape index (κ2) is 7.53. The summed E-state index contributed by atoms with van der Waals surface area (Å²) in [6.45, 7) is 3.37. The molecule has 1 atom stereocenters. The molecule has 1 rings (SSSR count). The van der Waals surface area contributed by atoms with Gasteiger partial charge in [-0.25, -0.2) is 9.50 Å². The molecule has 1 aliphatic rings. The number of alkyl halides is 1. The number of ether oxygens (including phenoxy) is 1. The lowest BCUT2D eigenvalue weighted by atomic mass is 10.2. The van der Waals surface area contributed by atoms with E-state index in [1.54, 1.807) is 0 Å². The summed E-state index contributed by atoms with van der Waals surface area (Å²) in [6.07, 6.45) is 1.65. The van der Waals surface area contributed by atoms with Gasteiger partial charge in [-0.3, -0.25) is 0 Å². The Morgan fingerprint density at radius 3 is 2.42 bits per heavy atom. The predicted molar refractivity (Wildman–Crippen MR) is 45.2 cm³/mol. The van der Waals surface area contributed by atoms with Gasteiger partial charge in [-0.05, 0) is 12.8 Å². The summed E-state index contributed by atoms with van der Waals surface area (Å²) in [4.78, 5) is 0. The average molecular weight is 196 g/mol. The normalized spacial score (nSPS) is 22.4. The molecule has 1 fully saturated rings. The molecule has 2 nitrogen and oxygen atoms in total. The van der Waals surface area contributed by atoms with Crippen molar-refractivity contribution in [2.75, 3.05) is 13.2 Å². The first-order valence-electron chi connectivity index (χ1n) is 3.84. The highest BCUT2D eigenvalue weighted by molar-refractivity contribution is 6.29. The van der Waals surface area contributed by atoms with Crippen LogP contribution in [0.2, 0.25) is 0 Å². The minimum absolute atomic E-state index is 0.171. The number of hydrogen-bond acceptors (Lipinski definition) is 1. The van der Waals surface area contributed by atoms with Crippen molar-refractivity contribution in [3.63, 3.8) is 0 Å². The second-order valence-corrected chi connectivity index (χ2v) is 2.97. The largest absolute Gasteiger partial charge is 0.348 e. The van der Waals surface area contributed by atoms with E-state index in [9.17, 15) is 9.50 Å². The highest BCUT2D eigenvalue weighted by Crippen LogP contribution is 2.12. The van der Waals surface area contributed by atoms with Gasteiger partial charge in [0.2, 0.25) is 0 Å². The molecule has 0 N–H and O–H groups in total.